The standard InChI is InChI=1S/C11H15N5O2/c12-5-6-18-10-3-1-9(2-4-10)7-14-11(17)8-15-16-13/h1-4H,5-8,12H2,(H,14,17). The van der Waals surface area contributed by atoms with Gasteiger partial charge in [-0.15, -0.1) is 0 Å². The zero-order valence-electron chi connectivity index (χ0n) is 9.87. The molecule has 1 rings (SSSR count). The third-order valence-electron chi connectivity index (χ3n) is 2.08. The van der Waals surface area contributed by atoms with Crippen LogP contribution in [0.1, 0.15) is 5.56 Å². The molecule has 0 aliphatic carbocycles. The summed E-state index contributed by atoms with van der Waals surface area (Å²) in [6, 6.07) is 7.31. The summed E-state index contributed by atoms with van der Waals surface area (Å²) >= 11 is 0. The van der Waals surface area contributed by atoms with Gasteiger partial charge in [-0.3, -0.25) is 4.79 Å². The maximum Gasteiger partial charge on any atom is 0.226 e. The van der Waals surface area contributed by atoms with Gasteiger partial charge >= 0.3 is 0 Å². The molecule has 3 N–H and O–H groups in total. The zero-order valence-corrected chi connectivity index (χ0v) is 9.87. The molecular weight excluding hydrogens is 234 g/mol. The minimum Gasteiger partial charge on any atom is -0.492 e. The molecule has 7 nitrogen and oxygen atoms in total. The lowest BCUT2D eigenvalue weighted by molar-refractivity contribution is -0.119. The third kappa shape index (κ3) is 5.20. The molecular formula is C11H15N5O2. The predicted molar refractivity (Wildman–Crippen MR) is 66.9 cm³/mol. The lowest BCUT2D eigenvalue weighted by Gasteiger charge is -2.06. The number of rotatable bonds is 7. The van der Waals surface area contributed by atoms with Crippen LogP contribution in [0.2, 0.25) is 0 Å². The first-order valence-electron chi connectivity index (χ1n) is 5.45. The molecule has 18 heavy (non-hydrogen) atoms. The molecule has 1 aromatic rings. The first kappa shape index (κ1) is 13.8. The molecule has 0 aliphatic rings. The molecule has 0 bridgehead atoms. The molecule has 0 saturated carbocycles. The summed E-state index contributed by atoms with van der Waals surface area (Å²) in [6.45, 7) is 1.14. The molecule has 0 atom stereocenters. The number of benzene rings is 1. The molecule has 0 aromatic heterocycles. The minimum atomic E-state index is -0.309. The smallest absolute Gasteiger partial charge is 0.226 e. The van der Waals surface area contributed by atoms with Crippen LogP contribution in [0.25, 0.3) is 10.4 Å². The monoisotopic (exact) mass is 249 g/mol. The summed E-state index contributed by atoms with van der Waals surface area (Å²) in [5.41, 5.74) is 14.3. The van der Waals surface area contributed by atoms with Gasteiger partial charge in [0.15, 0.2) is 0 Å². The van der Waals surface area contributed by atoms with Crippen LogP contribution in [0.3, 0.4) is 0 Å². The zero-order chi connectivity index (χ0) is 13.2. The van der Waals surface area contributed by atoms with Crippen LogP contribution in [0.4, 0.5) is 0 Å². The summed E-state index contributed by atoms with van der Waals surface area (Å²) < 4.78 is 5.32. The number of azide groups is 1. The fraction of sp³-hybridized carbons (Fsp3) is 0.364. The van der Waals surface area contributed by atoms with Crippen molar-refractivity contribution in [3.8, 4) is 5.75 Å². The molecule has 0 aliphatic heterocycles. The Morgan fingerprint density at radius 1 is 1.44 bits per heavy atom. The van der Waals surface area contributed by atoms with E-state index in [0.717, 1.165) is 11.3 Å². The second-order valence-electron chi connectivity index (χ2n) is 3.45. The van der Waals surface area contributed by atoms with Crippen LogP contribution in [-0.4, -0.2) is 25.6 Å². The number of carbonyl (C=O) groups excluding carboxylic acids is 1. The van der Waals surface area contributed by atoms with E-state index in [1.165, 1.54) is 0 Å². The van der Waals surface area contributed by atoms with Crippen molar-refractivity contribution in [1.82, 2.24) is 5.32 Å². The highest BCUT2D eigenvalue weighted by atomic mass is 16.5. The quantitative estimate of drug-likeness (QED) is 0.426. The Kier molecular flexibility index (Phi) is 6.10. The van der Waals surface area contributed by atoms with Gasteiger partial charge in [-0.25, -0.2) is 0 Å². The highest BCUT2D eigenvalue weighted by Crippen LogP contribution is 2.11. The highest BCUT2D eigenvalue weighted by Gasteiger charge is 1.99. The number of nitrogens with one attached hydrogen (secondary N) is 1. The van der Waals surface area contributed by atoms with E-state index >= 15 is 0 Å². The van der Waals surface area contributed by atoms with Crippen molar-refractivity contribution in [2.75, 3.05) is 19.7 Å². The van der Waals surface area contributed by atoms with E-state index in [9.17, 15) is 4.79 Å². The summed E-state index contributed by atoms with van der Waals surface area (Å²) in [6.07, 6.45) is 0. The molecule has 0 spiro atoms. The van der Waals surface area contributed by atoms with E-state index in [4.69, 9.17) is 16.0 Å². The van der Waals surface area contributed by atoms with Gasteiger partial charge in [0.2, 0.25) is 5.91 Å². The number of ether oxygens (including phenoxy) is 1. The lowest BCUT2D eigenvalue weighted by atomic mass is 10.2. The van der Waals surface area contributed by atoms with Crippen molar-refractivity contribution >= 4 is 5.91 Å². The Morgan fingerprint density at radius 2 is 2.17 bits per heavy atom. The molecule has 0 radical (unpaired) electrons. The summed E-state index contributed by atoms with van der Waals surface area (Å²) in [4.78, 5) is 13.7. The summed E-state index contributed by atoms with van der Waals surface area (Å²) in [5, 5.41) is 5.80. The minimum absolute atomic E-state index is 0.186. The molecule has 0 saturated heterocycles. The molecule has 0 unspecified atom stereocenters. The summed E-state index contributed by atoms with van der Waals surface area (Å²) in [7, 11) is 0. The van der Waals surface area contributed by atoms with Gasteiger partial charge in [0.1, 0.15) is 18.9 Å². The highest BCUT2D eigenvalue weighted by molar-refractivity contribution is 5.78. The third-order valence-corrected chi connectivity index (χ3v) is 2.08. The van der Waals surface area contributed by atoms with Gasteiger partial charge in [-0.05, 0) is 23.2 Å². The van der Waals surface area contributed by atoms with Gasteiger partial charge in [-0.2, -0.15) is 0 Å². The Morgan fingerprint density at radius 3 is 2.78 bits per heavy atom. The average molecular weight is 249 g/mol. The lowest BCUT2D eigenvalue weighted by Crippen LogP contribution is -2.24. The maximum absolute atomic E-state index is 11.2. The topological polar surface area (TPSA) is 113 Å². The first-order valence-corrected chi connectivity index (χ1v) is 5.45. The van der Waals surface area contributed by atoms with E-state index in [0.29, 0.717) is 19.7 Å². The van der Waals surface area contributed by atoms with Gasteiger partial charge in [0.25, 0.3) is 0 Å². The van der Waals surface area contributed by atoms with Crippen LogP contribution in [0.15, 0.2) is 29.4 Å². The van der Waals surface area contributed by atoms with Crippen molar-refractivity contribution < 1.29 is 9.53 Å². The van der Waals surface area contributed by atoms with Crippen molar-refractivity contribution in [1.29, 1.82) is 0 Å². The number of carbonyl (C=O) groups is 1. The van der Waals surface area contributed by atoms with Crippen molar-refractivity contribution in [2.24, 2.45) is 10.8 Å². The Labute approximate surface area is 105 Å². The first-order chi connectivity index (χ1) is 8.76. The predicted octanol–water partition coefficient (Wildman–Crippen LogP) is 0.951. The number of amides is 1. The van der Waals surface area contributed by atoms with Crippen molar-refractivity contribution in [3.05, 3.63) is 40.3 Å². The van der Waals surface area contributed by atoms with Crippen LogP contribution >= 0.6 is 0 Å². The van der Waals surface area contributed by atoms with Crippen LogP contribution in [-0.2, 0) is 11.3 Å². The second kappa shape index (κ2) is 7.94. The molecule has 1 amide bonds. The molecule has 96 valence electrons. The van der Waals surface area contributed by atoms with Gasteiger partial charge in [-0.1, -0.05) is 17.2 Å². The largest absolute Gasteiger partial charge is 0.492 e. The number of nitrogens with two attached hydrogens (primary N) is 1. The van der Waals surface area contributed by atoms with Crippen LogP contribution < -0.4 is 15.8 Å². The fourth-order valence-corrected chi connectivity index (χ4v) is 1.23. The van der Waals surface area contributed by atoms with E-state index in [1.807, 2.05) is 24.3 Å². The molecule has 7 heteroatoms. The van der Waals surface area contributed by atoms with Gasteiger partial charge in [0.05, 0.1) is 0 Å². The number of hydrogen-bond donors (Lipinski definition) is 2. The normalized spacial score (nSPS) is 9.39. The average Bonchev–Trinajstić information content (AvgIpc) is 2.41. The fourth-order valence-electron chi connectivity index (χ4n) is 1.23. The van der Waals surface area contributed by atoms with E-state index in [2.05, 4.69) is 15.3 Å². The Bertz CT molecular complexity index is 426. The molecule has 0 heterocycles. The van der Waals surface area contributed by atoms with Gasteiger partial charge < -0.3 is 15.8 Å². The Hall–Kier alpha value is -2.24. The van der Waals surface area contributed by atoms with Crippen LogP contribution in [0, 0.1) is 0 Å². The van der Waals surface area contributed by atoms with Crippen LogP contribution in [0.5, 0.6) is 5.75 Å². The SMILES string of the molecule is [N-]=[N+]=NCC(=O)NCc1ccc(OCCN)cc1. The number of nitrogens with zero attached hydrogens (tertiary/aromatic N) is 3. The Balaban J connectivity index is 2.38. The van der Waals surface area contributed by atoms with Crippen molar-refractivity contribution in [2.45, 2.75) is 6.54 Å². The van der Waals surface area contributed by atoms with Crippen molar-refractivity contribution in [3.63, 3.8) is 0 Å². The van der Waals surface area contributed by atoms with E-state index in [1.54, 1.807) is 0 Å². The molecule has 0 fully saturated rings. The second-order valence-corrected chi connectivity index (χ2v) is 3.45. The molecule has 1 aromatic carbocycles. The summed E-state index contributed by atoms with van der Waals surface area (Å²) in [5.74, 6) is 0.431. The van der Waals surface area contributed by atoms with Gasteiger partial charge in [0, 0.05) is 18.0 Å². The maximum atomic E-state index is 11.2. The van der Waals surface area contributed by atoms with E-state index in [-0.39, 0.29) is 12.5 Å². The van der Waals surface area contributed by atoms with E-state index < -0.39 is 0 Å². The number of hydrogen-bond acceptors (Lipinski definition) is 4.